The number of aliphatic hydroxyl groups is 1. The van der Waals surface area contributed by atoms with E-state index in [2.05, 4.69) is 5.32 Å². The average Bonchev–Trinajstić information content (AvgIpc) is 2.66. The van der Waals surface area contributed by atoms with Crippen molar-refractivity contribution in [2.75, 3.05) is 20.8 Å². The fraction of sp³-hybridized carbons (Fsp3) is 0.263. The molecule has 1 unspecified atom stereocenters. The van der Waals surface area contributed by atoms with Crippen molar-refractivity contribution in [1.82, 2.24) is 10.2 Å². The number of methoxy groups -OCH3 is 1. The zero-order valence-electron chi connectivity index (χ0n) is 14.3. The molecule has 0 saturated carbocycles. The van der Waals surface area contributed by atoms with Gasteiger partial charge in [0.1, 0.15) is 11.8 Å². The van der Waals surface area contributed by atoms with E-state index in [-0.39, 0.29) is 5.91 Å². The lowest BCUT2D eigenvalue weighted by atomic mass is 10.1. The minimum absolute atomic E-state index is 0.358. The summed E-state index contributed by atoms with van der Waals surface area (Å²) in [7, 11) is 3.14. The molecule has 0 spiro atoms. The van der Waals surface area contributed by atoms with Crippen LogP contribution in [0, 0.1) is 0 Å². The number of benzene rings is 2. The summed E-state index contributed by atoms with van der Waals surface area (Å²) in [6.45, 7) is -0.0844. The van der Waals surface area contributed by atoms with Gasteiger partial charge in [0.15, 0.2) is 0 Å². The molecule has 25 heavy (non-hydrogen) atoms. The second-order valence-electron chi connectivity index (χ2n) is 5.62. The Kier molecular flexibility index (Phi) is 6.54. The molecule has 6 nitrogen and oxygen atoms in total. The largest absolute Gasteiger partial charge is 0.497 e. The quantitative estimate of drug-likeness (QED) is 0.798. The van der Waals surface area contributed by atoms with Gasteiger partial charge in [0.2, 0.25) is 5.91 Å². The van der Waals surface area contributed by atoms with Crippen molar-refractivity contribution < 1.29 is 19.4 Å². The predicted molar refractivity (Wildman–Crippen MR) is 94.3 cm³/mol. The summed E-state index contributed by atoms with van der Waals surface area (Å²) in [5.41, 5.74) is 1.32. The molecule has 0 radical (unpaired) electrons. The monoisotopic (exact) mass is 342 g/mol. The van der Waals surface area contributed by atoms with Gasteiger partial charge in [-0.1, -0.05) is 36.4 Å². The Morgan fingerprint density at radius 2 is 1.88 bits per heavy atom. The van der Waals surface area contributed by atoms with Crippen LogP contribution in [0.25, 0.3) is 0 Å². The van der Waals surface area contributed by atoms with Crippen LogP contribution in [0.4, 0.5) is 0 Å². The van der Waals surface area contributed by atoms with E-state index in [4.69, 9.17) is 4.74 Å². The Labute approximate surface area is 147 Å². The van der Waals surface area contributed by atoms with Crippen LogP contribution in [0.5, 0.6) is 5.75 Å². The molecule has 2 rings (SSSR count). The zero-order chi connectivity index (χ0) is 18.2. The van der Waals surface area contributed by atoms with Gasteiger partial charge in [-0.05, 0) is 23.8 Å². The van der Waals surface area contributed by atoms with E-state index in [1.807, 2.05) is 30.3 Å². The van der Waals surface area contributed by atoms with Crippen LogP contribution in [0.1, 0.15) is 15.9 Å². The van der Waals surface area contributed by atoms with Gasteiger partial charge in [-0.25, -0.2) is 0 Å². The summed E-state index contributed by atoms with van der Waals surface area (Å²) in [4.78, 5) is 26.3. The smallest absolute Gasteiger partial charge is 0.252 e. The fourth-order valence-electron chi connectivity index (χ4n) is 2.39. The lowest BCUT2D eigenvalue weighted by molar-refractivity contribution is -0.133. The average molecular weight is 342 g/mol. The van der Waals surface area contributed by atoms with E-state index < -0.39 is 18.6 Å². The highest BCUT2D eigenvalue weighted by molar-refractivity contribution is 5.97. The van der Waals surface area contributed by atoms with Gasteiger partial charge in [0.25, 0.3) is 5.91 Å². The maximum atomic E-state index is 12.5. The predicted octanol–water partition coefficient (Wildman–Crippen LogP) is 1.44. The number of carbonyl (C=O) groups is 2. The highest BCUT2D eigenvalue weighted by atomic mass is 16.5. The molecule has 1 atom stereocenters. The topological polar surface area (TPSA) is 78.9 Å². The van der Waals surface area contributed by atoms with E-state index in [0.29, 0.717) is 17.9 Å². The number of carbonyl (C=O) groups excluding carboxylic acids is 2. The second-order valence-corrected chi connectivity index (χ2v) is 5.62. The van der Waals surface area contributed by atoms with Crippen LogP contribution in [0.2, 0.25) is 0 Å². The molecule has 2 amide bonds. The summed E-state index contributed by atoms with van der Waals surface area (Å²) in [6.07, 6.45) is 0. The number of aliphatic hydroxyl groups excluding tert-OH is 1. The molecule has 0 bridgehead atoms. The Morgan fingerprint density at radius 1 is 1.16 bits per heavy atom. The Hall–Kier alpha value is -2.86. The van der Waals surface area contributed by atoms with Crippen molar-refractivity contribution in [3.8, 4) is 5.75 Å². The molecule has 2 N–H and O–H groups in total. The summed E-state index contributed by atoms with van der Waals surface area (Å²) < 4.78 is 5.08. The molecule has 0 aliphatic heterocycles. The molecule has 2 aromatic carbocycles. The Bertz CT molecular complexity index is 718. The van der Waals surface area contributed by atoms with Crippen molar-refractivity contribution >= 4 is 11.8 Å². The third-order valence-corrected chi connectivity index (χ3v) is 3.76. The summed E-state index contributed by atoms with van der Waals surface area (Å²) in [6, 6.07) is 15.1. The SMILES string of the molecule is COc1cccc(C(=O)NC(CO)C(=O)N(C)Cc2ccccc2)c1. The molecule has 6 heteroatoms. The first-order valence-electron chi connectivity index (χ1n) is 7.90. The van der Waals surface area contributed by atoms with Crippen molar-refractivity contribution in [2.24, 2.45) is 0 Å². The fourth-order valence-corrected chi connectivity index (χ4v) is 2.39. The Morgan fingerprint density at radius 3 is 2.52 bits per heavy atom. The maximum absolute atomic E-state index is 12.5. The van der Waals surface area contributed by atoms with Crippen LogP contribution in [-0.4, -0.2) is 48.6 Å². The third-order valence-electron chi connectivity index (χ3n) is 3.76. The molecule has 0 aliphatic rings. The first-order valence-corrected chi connectivity index (χ1v) is 7.90. The van der Waals surface area contributed by atoms with Gasteiger partial charge in [-0.2, -0.15) is 0 Å². The first-order chi connectivity index (χ1) is 12.0. The Balaban J connectivity index is 2.02. The molecule has 0 aromatic heterocycles. The van der Waals surface area contributed by atoms with Crippen molar-refractivity contribution in [2.45, 2.75) is 12.6 Å². The third kappa shape index (κ3) is 5.06. The number of rotatable bonds is 7. The lowest BCUT2D eigenvalue weighted by Gasteiger charge is -2.23. The van der Waals surface area contributed by atoms with Gasteiger partial charge >= 0.3 is 0 Å². The molecular formula is C19H22N2O4. The molecule has 132 valence electrons. The van der Waals surface area contributed by atoms with Crippen LogP contribution in [-0.2, 0) is 11.3 Å². The van der Waals surface area contributed by atoms with E-state index >= 15 is 0 Å². The van der Waals surface area contributed by atoms with E-state index in [1.54, 1.807) is 31.3 Å². The number of hydrogen-bond donors (Lipinski definition) is 2. The number of nitrogens with zero attached hydrogens (tertiary/aromatic N) is 1. The van der Waals surface area contributed by atoms with Crippen LogP contribution in [0.15, 0.2) is 54.6 Å². The van der Waals surface area contributed by atoms with Gasteiger partial charge in [-0.3, -0.25) is 9.59 Å². The second kappa shape index (κ2) is 8.84. The lowest BCUT2D eigenvalue weighted by Crippen LogP contribution is -2.49. The molecule has 0 heterocycles. The molecule has 0 saturated heterocycles. The van der Waals surface area contributed by atoms with Crippen molar-refractivity contribution in [1.29, 1.82) is 0 Å². The highest BCUT2D eigenvalue weighted by Crippen LogP contribution is 2.12. The normalized spacial score (nSPS) is 11.5. The van der Waals surface area contributed by atoms with E-state index in [9.17, 15) is 14.7 Å². The van der Waals surface area contributed by atoms with Gasteiger partial charge in [-0.15, -0.1) is 0 Å². The van der Waals surface area contributed by atoms with Gasteiger partial charge in [0, 0.05) is 19.2 Å². The van der Waals surface area contributed by atoms with E-state index in [1.165, 1.54) is 12.0 Å². The number of hydrogen-bond acceptors (Lipinski definition) is 4. The number of nitrogens with one attached hydrogen (secondary N) is 1. The summed E-state index contributed by atoms with van der Waals surface area (Å²) in [5.74, 6) is -0.261. The number of ether oxygens (including phenoxy) is 1. The van der Waals surface area contributed by atoms with Gasteiger partial charge in [0.05, 0.1) is 13.7 Å². The minimum Gasteiger partial charge on any atom is -0.497 e. The van der Waals surface area contributed by atoms with Crippen molar-refractivity contribution in [3.63, 3.8) is 0 Å². The van der Waals surface area contributed by atoms with Crippen LogP contribution < -0.4 is 10.1 Å². The summed E-state index contributed by atoms with van der Waals surface area (Å²) in [5, 5.41) is 12.1. The minimum atomic E-state index is -1.01. The number of amides is 2. The summed E-state index contributed by atoms with van der Waals surface area (Å²) >= 11 is 0. The van der Waals surface area contributed by atoms with Crippen molar-refractivity contribution in [3.05, 3.63) is 65.7 Å². The zero-order valence-corrected chi connectivity index (χ0v) is 14.3. The molecular weight excluding hydrogens is 320 g/mol. The molecule has 0 aliphatic carbocycles. The van der Waals surface area contributed by atoms with E-state index in [0.717, 1.165) is 5.56 Å². The number of likely N-dealkylation sites (N-methyl/N-ethyl adjacent to an activating group) is 1. The van der Waals surface area contributed by atoms with Crippen LogP contribution >= 0.6 is 0 Å². The highest BCUT2D eigenvalue weighted by Gasteiger charge is 2.24. The maximum Gasteiger partial charge on any atom is 0.252 e. The molecule has 0 fully saturated rings. The van der Waals surface area contributed by atoms with Crippen LogP contribution in [0.3, 0.4) is 0 Å². The first kappa shape index (κ1) is 18.5. The standard InChI is InChI=1S/C19H22N2O4/c1-21(12-14-7-4-3-5-8-14)19(24)17(13-22)20-18(23)15-9-6-10-16(11-15)25-2/h3-11,17,22H,12-13H2,1-2H3,(H,20,23). The van der Waals surface area contributed by atoms with Gasteiger partial charge < -0.3 is 20.1 Å². The molecule has 2 aromatic rings.